The zero-order valence-corrected chi connectivity index (χ0v) is 26.9. The molecule has 0 saturated heterocycles. The molecule has 218 valence electrons. The topological polar surface area (TPSA) is 0 Å². The molecule has 0 aromatic heterocycles. The highest BCUT2D eigenvalue weighted by Crippen LogP contribution is 2.53. The maximum Gasteiger partial charge on any atom is 0.0285 e. The average molecular weight is 652 g/mol. The van der Waals surface area contributed by atoms with Crippen LogP contribution in [0.15, 0.2) is 180 Å². The van der Waals surface area contributed by atoms with Gasteiger partial charge in [0.25, 0.3) is 0 Å². The number of hydrogen-bond acceptors (Lipinski definition) is 0. The van der Waals surface area contributed by atoms with Crippen LogP contribution in [0.4, 0.5) is 0 Å². The van der Waals surface area contributed by atoms with Gasteiger partial charge in [-0.05, 0) is 96.6 Å². The minimum absolute atomic E-state index is 0.138. The monoisotopic (exact) mass is 650 g/mol. The van der Waals surface area contributed by atoms with Crippen LogP contribution >= 0.6 is 15.9 Å². The summed E-state index contributed by atoms with van der Waals surface area (Å²) in [6.45, 7) is 0. The summed E-state index contributed by atoms with van der Waals surface area (Å²) in [5, 5.41) is 0. The lowest BCUT2D eigenvalue weighted by Gasteiger charge is -2.18. The summed E-state index contributed by atoms with van der Waals surface area (Å²) >= 11 is 3.59. The molecule has 7 aromatic rings. The van der Waals surface area contributed by atoms with Crippen molar-refractivity contribution < 1.29 is 0 Å². The maximum atomic E-state index is 3.59. The van der Waals surface area contributed by atoms with Crippen molar-refractivity contribution in [2.45, 2.75) is 5.92 Å². The fraction of sp³-hybridized carbons (Fsp3) is 0.0222. The van der Waals surface area contributed by atoms with Gasteiger partial charge < -0.3 is 0 Å². The highest BCUT2D eigenvalue weighted by atomic mass is 79.9. The number of hydrogen-bond donors (Lipinski definition) is 0. The average Bonchev–Trinajstić information content (AvgIpc) is 3.44. The highest BCUT2D eigenvalue weighted by Gasteiger charge is 2.31. The Kier molecular flexibility index (Phi) is 7.54. The molecule has 0 spiro atoms. The second kappa shape index (κ2) is 12.3. The fourth-order valence-electron chi connectivity index (χ4n) is 6.83. The Morgan fingerprint density at radius 2 is 0.957 bits per heavy atom. The van der Waals surface area contributed by atoms with E-state index in [1.165, 1.54) is 72.3 Å². The van der Waals surface area contributed by atoms with Crippen molar-refractivity contribution >= 4 is 22.0 Å². The molecule has 1 heteroatoms. The van der Waals surface area contributed by atoms with Crippen LogP contribution in [0.3, 0.4) is 0 Å². The molecule has 1 aliphatic carbocycles. The second-order valence-electron chi connectivity index (χ2n) is 11.8. The Labute approximate surface area is 279 Å². The molecule has 0 N–H and O–H groups in total. The molecule has 1 aliphatic rings. The lowest BCUT2D eigenvalue weighted by atomic mass is 9.85. The van der Waals surface area contributed by atoms with Crippen LogP contribution in [0, 0.1) is 0 Å². The van der Waals surface area contributed by atoms with Gasteiger partial charge >= 0.3 is 0 Å². The summed E-state index contributed by atoms with van der Waals surface area (Å²) in [5.74, 6) is 0.138. The van der Waals surface area contributed by atoms with Gasteiger partial charge in [0, 0.05) is 10.4 Å². The molecule has 7 aromatic carbocycles. The SMILES string of the molecule is Brc1ccc(-c2cccc(-c3ccc4c(c3-c3ccccc3)-c3ccc(-c5ccccc5)cc3C4/C=C/c3ccccc3)c2)cc1. The van der Waals surface area contributed by atoms with E-state index in [0.29, 0.717) is 0 Å². The Morgan fingerprint density at radius 1 is 0.391 bits per heavy atom. The summed E-state index contributed by atoms with van der Waals surface area (Å²) in [6, 6.07) is 61.5. The molecule has 0 bridgehead atoms. The van der Waals surface area contributed by atoms with Crippen molar-refractivity contribution in [3.63, 3.8) is 0 Å². The van der Waals surface area contributed by atoms with E-state index in [1.807, 2.05) is 0 Å². The number of fused-ring (bicyclic) bond motifs is 3. The standard InChI is InChI=1S/C45H31Br/c46-38-23-20-33(21-24-38)35-17-10-18-37(29-35)39-27-28-41-40(25-19-31-11-4-1-5-12-31)43-30-36(32-13-6-2-7-14-32)22-26-42(43)45(41)44(39)34-15-8-3-9-16-34/h1-30,40H/b25-19+. The minimum Gasteiger partial charge on any atom is -0.0720 e. The summed E-state index contributed by atoms with van der Waals surface area (Å²) in [4.78, 5) is 0. The van der Waals surface area contributed by atoms with E-state index >= 15 is 0 Å². The van der Waals surface area contributed by atoms with Gasteiger partial charge in [-0.25, -0.2) is 0 Å². The lowest BCUT2D eigenvalue weighted by molar-refractivity contribution is 1.08. The zero-order valence-electron chi connectivity index (χ0n) is 25.3. The van der Waals surface area contributed by atoms with Gasteiger partial charge in [0.2, 0.25) is 0 Å². The first-order valence-corrected chi connectivity index (χ1v) is 16.5. The van der Waals surface area contributed by atoms with Crippen molar-refractivity contribution in [1.29, 1.82) is 0 Å². The van der Waals surface area contributed by atoms with E-state index in [-0.39, 0.29) is 5.92 Å². The van der Waals surface area contributed by atoms with Crippen LogP contribution in [0.25, 0.3) is 61.7 Å². The Bertz CT molecular complexity index is 2180. The lowest BCUT2D eigenvalue weighted by Crippen LogP contribution is -1.95. The quantitative estimate of drug-likeness (QED) is 0.168. The molecule has 0 amide bonds. The normalized spacial score (nSPS) is 13.5. The number of allylic oxidation sites excluding steroid dienone is 1. The predicted molar refractivity (Wildman–Crippen MR) is 199 cm³/mol. The van der Waals surface area contributed by atoms with Crippen LogP contribution < -0.4 is 0 Å². The molecule has 0 fully saturated rings. The summed E-state index contributed by atoms with van der Waals surface area (Å²) in [7, 11) is 0. The largest absolute Gasteiger partial charge is 0.0720 e. The van der Waals surface area contributed by atoms with Gasteiger partial charge in [-0.1, -0.05) is 174 Å². The molecule has 0 radical (unpaired) electrons. The van der Waals surface area contributed by atoms with Crippen LogP contribution in [0.1, 0.15) is 22.6 Å². The molecule has 8 rings (SSSR count). The third kappa shape index (κ3) is 5.34. The van der Waals surface area contributed by atoms with Crippen LogP contribution in [0.2, 0.25) is 0 Å². The second-order valence-corrected chi connectivity index (χ2v) is 12.7. The first-order valence-electron chi connectivity index (χ1n) is 15.7. The molecule has 1 unspecified atom stereocenters. The van der Waals surface area contributed by atoms with E-state index < -0.39 is 0 Å². The first-order chi connectivity index (χ1) is 22.7. The van der Waals surface area contributed by atoms with Gasteiger partial charge in [-0.15, -0.1) is 0 Å². The van der Waals surface area contributed by atoms with E-state index in [1.54, 1.807) is 0 Å². The van der Waals surface area contributed by atoms with Crippen molar-refractivity contribution in [1.82, 2.24) is 0 Å². The van der Waals surface area contributed by atoms with Crippen molar-refractivity contribution in [2.75, 3.05) is 0 Å². The molecule has 0 nitrogen and oxygen atoms in total. The Hall–Kier alpha value is -5.24. The number of benzene rings is 7. The summed E-state index contributed by atoms with van der Waals surface area (Å²) < 4.78 is 1.09. The highest BCUT2D eigenvalue weighted by molar-refractivity contribution is 9.10. The molecule has 46 heavy (non-hydrogen) atoms. The number of halogens is 1. The zero-order chi connectivity index (χ0) is 30.9. The molecule has 0 saturated carbocycles. The molecule has 1 atom stereocenters. The van der Waals surface area contributed by atoms with E-state index in [2.05, 4.69) is 198 Å². The van der Waals surface area contributed by atoms with E-state index in [9.17, 15) is 0 Å². The summed E-state index contributed by atoms with van der Waals surface area (Å²) in [6.07, 6.45) is 4.66. The van der Waals surface area contributed by atoms with Crippen molar-refractivity contribution in [3.8, 4) is 55.6 Å². The van der Waals surface area contributed by atoms with Crippen LogP contribution in [-0.2, 0) is 0 Å². The molecule has 0 aliphatic heterocycles. The van der Waals surface area contributed by atoms with Gasteiger partial charge in [0.15, 0.2) is 0 Å². The molecular formula is C45H31Br. The van der Waals surface area contributed by atoms with Gasteiger partial charge in [0.1, 0.15) is 0 Å². The van der Waals surface area contributed by atoms with Crippen LogP contribution in [-0.4, -0.2) is 0 Å². The Balaban J connectivity index is 1.35. The molecule has 0 heterocycles. The predicted octanol–water partition coefficient (Wildman–Crippen LogP) is 12.9. The minimum atomic E-state index is 0.138. The number of rotatable bonds is 6. The third-order valence-corrected chi connectivity index (χ3v) is 9.56. The van der Waals surface area contributed by atoms with Crippen LogP contribution in [0.5, 0.6) is 0 Å². The third-order valence-electron chi connectivity index (χ3n) is 9.03. The molecular weight excluding hydrogens is 620 g/mol. The Morgan fingerprint density at radius 3 is 1.70 bits per heavy atom. The summed E-state index contributed by atoms with van der Waals surface area (Å²) in [5.41, 5.74) is 16.4. The van der Waals surface area contributed by atoms with Crippen molar-refractivity contribution in [2.24, 2.45) is 0 Å². The van der Waals surface area contributed by atoms with Gasteiger partial charge in [-0.3, -0.25) is 0 Å². The smallest absolute Gasteiger partial charge is 0.0285 e. The maximum absolute atomic E-state index is 3.59. The fourth-order valence-corrected chi connectivity index (χ4v) is 7.09. The van der Waals surface area contributed by atoms with Gasteiger partial charge in [0.05, 0.1) is 0 Å². The van der Waals surface area contributed by atoms with Gasteiger partial charge in [-0.2, -0.15) is 0 Å². The first kappa shape index (κ1) is 28.2. The van der Waals surface area contributed by atoms with E-state index in [0.717, 1.165) is 4.47 Å². The van der Waals surface area contributed by atoms with E-state index in [4.69, 9.17) is 0 Å². The van der Waals surface area contributed by atoms with Crippen molar-refractivity contribution in [3.05, 3.63) is 197 Å².